The summed E-state index contributed by atoms with van der Waals surface area (Å²) in [5.74, 6) is -0.755. The molecular weight excluding hydrogens is 412 g/mol. The molecule has 31 heavy (non-hydrogen) atoms. The van der Waals surface area contributed by atoms with E-state index < -0.39 is 42.2 Å². The van der Waals surface area contributed by atoms with Gasteiger partial charge in [-0.15, -0.1) is 0 Å². The molecule has 1 saturated heterocycles. The number of aromatic hydroxyl groups is 2. The van der Waals surface area contributed by atoms with E-state index in [1.807, 2.05) is 0 Å². The topological polar surface area (TPSA) is 158 Å². The lowest BCUT2D eigenvalue weighted by Crippen LogP contribution is -2.53. The fourth-order valence-electron chi connectivity index (χ4n) is 3.40. The van der Waals surface area contributed by atoms with E-state index in [0.717, 1.165) is 0 Å². The minimum Gasteiger partial charge on any atom is -0.508 e. The van der Waals surface area contributed by atoms with Gasteiger partial charge in [-0.25, -0.2) is 0 Å². The lowest BCUT2D eigenvalue weighted by atomic mass is 9.98. The predicted octanol–water partition coefficient (Wildman–Crippen LogP) is 0.568. The van der Waals surface area contributed by atoms with Gasteiger partial charge in [0.2, 0.25) is 12.0 Å². The highest BCUT2D eigenvalue weighted by Crippen LogP contribution is 2.42. The maximum atomic E-state index is 10.2. The van der Waals surface area contributed by atoms with E-state index in [1.54, 1.807) is 12.2 Å². The fourth-order valence-corrected chi connectivity index (χ4v) is 3.40. The van der Waals surface area contributed by atoms with Gasteiger partial charge >= 0.3 is 0 Å². The number of ether oxygens (including phenoxy) is 4. The van der Waals surface area contributed by atoms with Gasteiger partial charge in [-0.1, -0.05) is 6.08 Å². The molecule has 2 aliphatic heterocycles. The first-order valence-corrected chi connectivity index (χ1v) is 9.42. The molecule has 0 bridgehead atoms. The lowest BCUT2D eigenvalue weighted by Gasteiger charge is -2.36. The molecule has 1 aromatic rings. The number of aliphatic hydroxyl groups excluding tert-OH is 4. The van der Waals surface area contributed by atoms with Crippen LogP contribution in [0, 0.1) is 0 Å². The predicted molar refractivity (Wildman–Crippen MR) is 105 cm³/mol. The first kappa shape index (κ1) is 21.1. The molecule has 0 radical (unpaired) electrons. The Balaban J connectivity index is 1.76. The Morgan fingerprint density at radius 2 is 1.81 bits per heavy atom. The molecule has 0 saturated carbocycles. The van der Waals surface area contributed by atoms with Crippen LogP contribution in [-0.2, 0) is 14.2 Å². The van der Waals surface area contributed by atoms with Crippen molar-refractivity contribution in [1.29, 1.82) is 0 Å². The summed E-state index contributed by atoms with van der Waals surface area (Å²) in [7, 11) is 1.31. The van der Waals surface area contributed by atoms with E-state index in [-0.39, 0.29) is 35.2 Å². The number of phenolic OH excluding ortho intramolecular Hbond substituents is 2. The van der Waals surface area contributed by atoms with E-state index >= 15 is 0 Å². The Morgan fingerprint density at radius 1 is 1.03 bits per heavy atom. The van der Waals surface area contributed by atoms with E-state index in [2.05, 4.69) is 0 Å². The smallest absolute Gasteiger partial charge is 0.229 e. The molecule has 6 N–H and O–H groups in total. The number of methoxy groups -OCH3 is 1. The minimum absolute atomic E-state index is 0.000137. The number of hydrogen-bond donors (Lipinski definition) is 6. The minimum atomic E-state index is -1.54. The fraction of sp³-hybridized carbons (Fsp3) is 0.333. The molecule has 1 aliphatic carbocycles. The van der Waals surface area contributed by atoms with Gasteiger partial charge in [0.05, 0.1) is 13.7 Å². The van der Waals surface area contributed by atoms with Gasteiger partial charge in [0.15, 0.2) is 23.0 Å². The molecule has 1 aromatic carbocycles. The van der Waals surface area contributed by atoms with Crippen LogP contribution in [-0.4, -0.2) is 75.1 Å². The van der Waals surface area contributed by atoms with Gasteiger partial charge in [0.1, 0.15) is 30.2 Å². The summed E-state index contributed by atoms with van der Waals surface area (Å²) < 4.78 is 22.2. The first-order chi connectivity index (χ1) is 14.8. The number of rotatable bonds is 4. The lowest BCUT2D eigenvalue weighted by molar-refractivity contribution is -0.257. The van der Waals surface area contributed by atoms with Crippen molar-refractivity contribution in [3.05, 3.63) is 59.1 Å². The zero-order valence-corrected chi connectivity index (χ0v) is 16.4. The summed E-state index contributed by atoms with van der Waals surface area (Å²) in [6, 6.07) is 2.64. The van der Waals surface area contributed by atoms with Crippen LogP contribution in [0.25, 0.3) is 5.76 Å². The van der Waals surface area contributed by atoms with Crippen LogP contribution >= 0.6 is 0 Å². The van der Waals surface area contributed by atoms with Gasteiger partial charge in [-0.2, -0.15) is 0 Å². The third-order valence-corrected chi connectivity index (χ3v) is 5.10. The second-order valence-electron chi connectivity index (χ2n) is 7.22. The number of hydrogen-bond acceptors (Lipinski definition) is 10. The summed E-state index contributed by atoms with van der Waals surface area (Å²) in [4.78, 5) is 0. The standard InChI is InChI=1S/C21H22O10/c1-28-15-6-10(4-12(23)17(15)25)20-16(5-9-2-3-11(22)7-14(9)30-20)31-21-19(27)18(26)13(24)8-29-21/h2-7,13-14,18-19,21-27H,8H2,1H3. The molecule has 4 rings (SSSR count). The van der Waals surface area contributed by atoms with E-state index in [4.69, 9.17) is 18.9 Å². The average Bonchev–Trinajstić information content (AvgIpc) is 2.75. The van der Waals surface area contributed by atoms with Crippen LogP contribution in [0.15, 0.2) is 53.5 Å². The third-order valence-electron chi connectivity index (χ3n) is 5.10. The third kappa shape index (κ3) is 3.93. The normalized spacial score (nSPS) is 30.1. The van der Waals surface area contributed by atoms with E-state index in [0.29, 0.717) is 5.57 Å². The van der Waals surface area contributed by atoms with Crippen molar-refractivity contribution in [2.24, 2.45) is 0 Å². The van der Waals surface area contributed by atoms with Crippen molar-refractivity contribution in [3.63, 3.8) is 0 Å². The van der Waals surface area contributed by atoms with Gasteiger partial charge in [-0.05, 0) is 24.3 Å². The number of allylic oxidation sites excluding steroid dienone is 2. The number of aliphatic hydroxyl groups is 4. The molecule has 5 atom stereocenters. The summed E-state index contributed by atoms with van der Waals surface area (Å²) in [6.45, 7) is -0.254. The van der Waals surface area contributed by atoms with Gasteiger partial charge in [0.25, 0.3) is 0 Å². The molecule has 166 valence electrons. The number of fused-ring (bicyclic) bond motifs is 1. The highest BCUT2D eigenvalue weighted by Gasteiger charge is 2.40. The first-order valence-electron chi connectivity index (χ1n) is 9.42. The zero-order chi connectivity index (χ0) is 22.3. The van der Waals surface area contributed by atoms with Crippen molar-refractivity contribution in [3.8, 4) is 17.2 Å². The molecule has 5 unspecified atom stereocenters. The molecule has 3 aliphatic rings. The molecular formula is C21H22O10. The van der Waals surface area contributed by atoms with E-state index in [1.165, 1.54) is 31.4 Å². The van der Waals surface area contributed by atoms with Crippen LogP contribution in [0.1, 0.15) is 5.56 Å². The summed E-state index contributed by atoms with van der Waals surface area (Å²) in [5, 5.41) is 59.6. The van der Waals surface area contributed by atoms with Crippen LogP contribution in [0.3, 0.4) is 0 Å². The van der Waals surface area contributed by atoms with Crippen molar-refractivity contribution < 1.29 is 49.6 Å². The van der Waals surface area contributed by atoms with Crippen LogP contribution < -0.4 is 4.74 Å². The molecule has 1 fully saturated rings. The highest BCUT2D eigenvalue weighted by molar-refractivity contribution is 5.71. The zero-order valence-electron chi connectivity index (χ0n) is 16.4. The average molecular weight is 434 g/mol. The summed E-state index contributed by atoms with van der Waals surface area (Å²) in [5.41, 5.74) is 0.892. The molecule has 0 amide bonds. The SMILES string of the molecule is COc1cc(C2=C(OC3OCC(O)C(O)C3O)C=C3C=CC(O)=CC3O2)cc(O)c1O. The molecule has 0 aromatic heterocycles. The summed E-state index contributed by atoms with van der Waals surface area (Å²) >= 11 is 0. The maximum Gasteiger partial charge on any atom is 0.229 e. The Morgan fingerprint density at radius 3 is 2.55 bits per heavy atom. The van der Waals surface area contributed by atoms with Crippen molar-refractivity contribution in [2.45, 2.75) is 30.7 Å². The van der Waals surface area contributed by atoms with Gasteiger partial charge in [0, 0.05) is 17.2 Å². The van der Waals surface area contributed by atoms with Gasteiger partial charge < -0.3 is 49.6 Å². The maximum absolute atomic E-state index is 10.2. The van der Waals surface area contributed by atoms with Crippen molar-refractivity contribution in [1.82, 2.24) is 0 Å². The van der Waals surface area contributed by atoms with E-state index in [9.17, 15) is 30.6 Å². The molecule has 10 heteroatoms. The Labute approximate surface area is 176 Å². The molecule has 2 heterocycles. The van der Waals surface area contributed by atoms with Crippen molar-refractivity contribution >= 4 is 5.76 Å². The molecule has 10 nitrogen and oxygen atoms in total. The molecule has 0 spiro atoms. The Bertz CT molecular complexity index is 992. The second kappa shape index (κ2) is 8.16. The summed E-state index contributed by atoms with van der Waals surface area (Å²) in [6.07, 6.45) is -0.118. The number of benzene rings is 1. The highest BCUT2D eigenvalue weighted by atomic mass is 16.7. The number of phenols is 2. The largest absolute Gasteiger partial charge is 0.508 e. The van der Waals surface area contributed by atoms with Crippen molar-refractivity contribution in [2.75, 3.05) is 13.7 Å². The Hall–Kier alpha value is -3.18. The van der Waals surface area contributed by atoms with Crippen LogP contribution in [0.5, 0.6) is 17.2 Å². The van der Waals surface area contributed by atoms with Gasteiger partial charge in [-0.3, -0.25) is 0 Å². The monoisotopic (exact) mass is 434 g/mol. The quantitative estimate of drug-likeness (QED) is 0.370. The van der Waals surface area contributed by atoms with Crippen LogP contribution in [0.4, 0.5) is 0 Å². The Kier molecular flexibility index (Phi) is 5.54. The second-order valence-corrected chi connectivity index (χ2v) is 7.22. The van der Waals surface area contributed by atoms with Crippen LogP contribution in [0.2, 0.25) is 0 Å².